The van der Waals surface area contributed by atoms with Crippen molar-refractivity contribution in [2.24, 2.45) is 0 Å². The van der Waals surface area contributed by atoms with Crippen molar-refractivity contribution in [3.8, 4) is 11.5 Å². The number of ketones is 1. The van der Waals surface area contributed by atoms with E-state index in [0.29, 0.717) is 5.75 Å². The molecule has 2 aromatic carbocycles. The predicted molar refractivity (Wildman–Crippen MR) is 107 cm³/mol. The number of ether oxygens (including phenoxy) is 3. The molecule has 0 aliphatic carbocycles. The number of benzene rings is 2. The topological polar surface area (TPSA) is 87.9 Å². The lowest BCUT2D eigenvalue weighted by Gasteiger charge is -2.05. The monoisotopic (exact) mass is 487 g/mol. The highest BCUT2D eigenvalue weighted by Crippen LogP contribution is 2.26. The van der Waals surface area contributed by atoms with Gasteiger partial charge in [0.1, 0.15) is 11.5 Å². The molecule has 26 heavy (non-hydrogen) atoms. The van der Waals surface area contributed by atoms with Gasteiger partial charge in [0.2, 0.25) is 5.78 Å². The molecule has 0 amide bonds. The average Bonchev–Trinajstić information content (AvgIpc) is 2.61. The summed E-state index contributed by atoms with van der Waals surface area (Å²) in [6, 6.07) is 10.6. The van der Waals surface area contributed by atoms with Gasteiger partial charge in [0, 0.05) is 12.1 Å². The highest BCUT2D eigenvalue weighted by molar-refractivity contribution is 9.10. The number of anilines is 1. The van der Waals surface area contributed by atoms with Crippen LogP contribution in [0.3, 0.4) is 0 Å². The average molecular weight is 489 g/mol. The van der Waals surface area contributed by atoms with Crippen LogP contribution in [0, 0.1) is 0 Å². The normalized spacial score (nSPS) is 9.58. The molecule has 8 heteroatoms. The molecule has 0 radical (unpaired) electrons. The van der Waals surface area contributed by atoms with Crippen molar-refractivity contribution in [3.05, 3.63) is 50.9 Å². The maximum Gasteiger partial charge on any atom is 0.374 e. The van der Waals surface area contributed by atoms with E-state index in [1.807, 2.05) is 6.07 Å². The van der Waals surface area contributed by atoms with Crippen LogP contribution in [0.2, 0.25) is 0 Å². The van der Waals surface area contributed by atoms with Crippen molar-refractivity contribution in [2.75, 3.05) is 27.1 Å². The Morgan fingerprint density at radius 3 is 1.92 bits per heavy atom. The molecule has 0 saturated heterocycles. The first-order valence-electron chi connectivity index (χ1n) is 7.35. The number of hydrogen-bond acceptors (Lipinski definition) is 6. The molecule has 140 valence electrons. The Kier molecular flexibility index (Phi) is 9.15. The third-order valence-electron chi connectivity index (χ3n) is 3.17. The zero-order valence-electron chi connectivity index (χ0n) is 14.5. The molecule has 6 nitrogen and oxygen atoms in total. The zero-order chi connectivity index (χ0) is 19.7. The number of carbonyl (C=O) groups is 2. The molecule has 2 aromatic rings. The predicted octanol–water partition coefficient (Wildman–Crippen LogP) is 3.78. The fraction of sp³-hybridized carbons (Fsp3) is 0.222. The Morgan fingerprint density at radius 2 is 1.46 bits per heavy atom. The zero-order valence-corrected chi connectivity index (χ0v) is 17.7. The maximum atomic E-state index is 11.3. The molecule has 0 unspecified atom stereocenters. The molecule has 0 aliphatic heterocycles. The fourth-order valence-electron chi connectivity index (χ4n) is 1.87. The second-order valence-electron chi connectivity index (χ2n) is 4.95. The first kappa shape index (κ1) is 22.0. The van der Waals surface area contributed by atoms with E-state index in [9.17, 15) is 9.59 Å². The van der Waals surface area contributed by atoms with Crippen LogP contribution in [-0.2, 0) is 20.7 Å². The number of rotatable bonds is 5. The third-order valence-corrected chi connectivity index (χ3v) is 4.41. The number of halogens is 2. The van der Waals surface area contributed by atoms with Gasteiger partial charge in [0.05, 0.1) is 30.3 Å². The van der Waals surface area contributed by atoms with Crippen molar-refractivity contribution < 1.29 is 23.8 Å². The van der Waals surface area contributed by atoms with Crippen LogP contribution in [0.25, 0.3) is 0 Å². The molecular formula is C18H19Br2NO5. The van der Waals surface area contributed by atoms with Gasteiger partial charge in [0.15, 0.2) is 0 Å². The molecular weight excluding hydrogens is 470 g/mol. The highest BCUT2D eigenvalue weighted by atomic mass is 79.9. The van der Waals surface area contributed by atoms with Crippen LogP contribution in [0.4, 0.5) is 5.69 Å². The molecule has 0 spiro atoms. The highest BCUT2D eigenvalue weighted by Gasteiger charge is 2.15. The minimum absolute atomic E-state index is 0.0231. The lowest BCUT2D eigenvalue weighted by molar-refractivity contribution is -0.151. The first-order chi connectivity index (χ1) is 12.3. The quantitative estimate of drug-likeness (QED) is 0.391. The number of nitrogens with two attached hydrogens (primary N) is 1. The van der Waals surface area contributed by atoms with E-state index in [0.717, 1.165) is 25.9 Å². The molecule has 0 saturated carbocycles. The molecule has 0 fully saturated rings. The van der Waals surface area contributed by atoms with Gasteiger partial charge in [-0.2, -0.15) is 0 Å². The van der Waals surface area contributed by atoms with Gasteiger partial charge in [-0.3, -0.25) is 4.79 Å². The summed E-state index contributed by atoms with van der Waals surface area (Å²) in [5, 5.41) is 0. The number of esters is 1. The van der Waals surface area contributed by atoms with E-state index in [1.165, 1.54) is 7.11 Å². The summed E-state index contributed by atoms with van der Waals surface area (Å²) in [4.78, 5) is 22.2. The van der Waals surface area contributed by atoms with Crippen LogP contribution in [0.15, 0.2) is 45.3 Å². The Balaban J connectivity index is 0.000000289. The smallest absolute Gasteiger partial charge is 0.374 e. The fourth-order valence-corrected chi connectivity index (χ4v) is 3.02. The van der Waals surface area contributed by atoms with Crippen molar-refractivity contribution in [3.63, 3.8) is 0 Å². The first-order valence-corrected chi connectivity index (χ1v) is 8.93. The molecule has 0 aliphatic rings. The van der Waals surface area contributed by atoms with Crippen LogP contribution < -0.4 is 15.2 Å². The van der Waals surface area contributed by atoms with Crippen molar-refractivity contribution in [1.29, 1.82) is 0 Å². The van der Waals surface area contributed by atoms with E-state index < -0.39 is 11.8 Å². The summed E-state index contributed by atoms with van der Waals surface area (Å²) < 4.78 is 16.0. The van der Waals surface area contributed by atoms with Gasteiger partial charge < -0.3 is 19.9 Å². The summed E-state index contributed by atoms with van der Waals surface area (Å²) in [5.41, 5.74) is 6.95. The van der Waals surface area contributed by atoms with Crippen molar-refractivity contribution in [1.82, 2.24) is 0 Å². The van der Waals surface area contributed by atoms with Crippen molar-refractivity contribution >= 4 is 49.3 Å². The molecule has 2 N–H and O–H groups in total. The second-order valence-corrected chi connectivity index (χ2v) is 6.66. The van der Waals surface area contributed by atoms with E-state index >= 15 is 0 Å². The van der Waals surface area contributed by atoms with E-state index in [4.69, 9.17) is 15.2 Å². The van der Waals surface area contributed by atoms with Gasteiger partial charge in [-0.05, 0) is 67.8 Å². The largest absolute Gasteiger partial charge is 0.496 e. The third kappa shape index (κ3) is 6.68. The number of Topliss-reactive ketones (excluding diaryl/α,β-unsaturated/α-hetero) is 1. The minimum atomic E-state index is -0.827. The molecule has 0 bridgehead atoms. The molecule has 2 rings (SSSR count). The van der Waals surface area contributed by atoms with Crippen molar-refractivity contribution in [2.45, 2.75) is 6.42 Å². The Morgan fingerprint density at radius 1 is 0.923 bits per heavy atom. The Labute approximate surface area is 168 Å². The van der Waals surface area contributed by atoms with E-state index in [1.54, 1.807) is 44.6 Å². The van der Waals surface area contributed by atoms with Gasteiger partial charge in [0.25, 0.3) is 0 Å². The Hall–Kier alpha value is -2.06. The number of nitrogen functional groups attached to an aromatic ring is 1. The van der Waals surface area contributed by atoms with Gasteiger partial charge >= 0.3 is 5.97 Å². The number of methoxy groups -OCH3 is 3. The standard InChI is InChI=1S/C11H11BrO4.C7H8BrNO/c1-15-10-4-3-7(5-8(10)12)6-9(13)11(14)16-2;1-10-7-3-2-5(9)4-6(7)8/h3-5H,6H2,1-2H3;2-4H,9H2,1H3. The van der Waals surface area contributed by atoms with Crippen LogP contribution in [-0.4, -0.2) is 33.1 Å². The second kappa shape index (κ2) is 10.8. The minimum Gasteiger partial charge on any atom is -0.496 e. The Bertz CT molecular complexity index is 780. The summed E-state index contributed by atoms with van der Waals surface area (Å²) in [5.74, 6) is 0.0787. The lowest BCUT2D eigenvalue weighted by Crippen LogP contribution is -2.17. The van der Waals surface area contributed by atoms with E-state index in [2.05, 4.69) is 36.6 Å². The van der Waals surface area contributed by atoms with Crippen LogP contribution in [0.1, 0.15) is 5.56 Å². The lowest BCUT2D eigenvalue weighted by atomic mass is 10.1. The summed E-state index contributed by atoms with van der Waals surface area (Å²) in [6.45, 7) is 0. The maximum absolute atomic E-state index is 11.3. The summed E-state index contributed by atoms with van der Waals surface area (Å²) >= 11 is 6.60. The molecule has 0 aromatic heterocycles. The van der Waals surface area contributed by atoms with Gasteiger partial charge in [-0.25, -0.2) is 4.79 Å². The number of hydrogen-bond donors (Lipinski definition) is 1. The summed E-state index contributed by atoms with van der Waals surface area (Å²) in [6.07, 6.45) is 0.0231. The SMILES string of the molecule is COC(=O)C(=O)Cc1ccc(OC)c(Br)c1.COc1ccc(N)cc1Br. The van der Waals surface area contributed by atoms with Gasteiger partial charge in [-0.15, -0.1) is 0 Å². The number of carbonyl (C=O) groups excluding carboxylic acids is 2. The van der Waals surface area contributed by atoms with Crippen LogP contribution in [0.5, 0.6) is 11.5 Å². The summed E-state index contributed by atoms with van der Waals surface area (Å²) in [7, 11) is 4.36. The molecule has 0 heterocycles. The van der Waals surface area contributed by atoms with E-state index in [-0.39, 0.29) is 6.42 Å². The van der Waals surface area contributed by atoms with Gasteiger partial charge in [-0.1, -0.05) is 6.07 Å². The van der Waals surface area contributed by atoms with Crippen LogP contribution >= 0.6 is 31.9 Å². The molecule has 0 atom stereocenters.